The predicted molar refractivity (Wildman–Crippen MR) is 133 cm³/mol. The van der Waals surface area contributed by atoms with Crippen molar-refractivity contribution in [2.75, 3.05) is 31.1 Å². The smallest absolute Gasteiger partial charge is 0.269 e. The number of carbonyl (C=O) groups excluding carboxylic acids is 1. The highest BCUT2D eigenvalue weighted by Gasteiger charge is 2.29. The van der Waals surface area contributed by atoms with Crippen molar-refractivity contribution < 1.29 is 9.00 Å². The van der Waals surface area contributed by atoms with Crippen LogP contribution in [0.5, 0.6) is 0 Å². The van der Waals surface area contributed by atoms with Gasteiger partial charge >= 0.3 is 0 Å². The first kappa shape index (κ1) is 21.6. The number of aryl methyl sites for hydroxylation is 1. The normalized spacial score (nSPS) is 15.1. The molecule has 0 aliphatic carbocycles. The van der Waals surface area contributed by atoms with Crippen LogP contribution in [0.15, 0.2) is 86.7 Å². The van der Waals surface area contributed by atoms with E-state index in [1.165, 1.54) is 11.3 Å². The van der Waals surface area contributed by atoms with Crippen molar-refractivity contribution in [1.82, 2.24) is 9.47 Å². The number of para-hydroxylation sites is 1. The van der Waals surface area contributed by atoms with Gasteiger partial charge in [0.05, 0.1) is 26.9 Å². The van der Waals surface area contributed by atoms with Gasteiger partial charge in [0.2, 0.25) is 0 Å². The molecule has 8 heteroatoms. The molecule has 1 unspecified atom stereocenters. The van der Waals surface area contributed by atoms with E-state index in [1.807, 2.05) is 64.9 Å². The summed E-state index contributed by atoms with van der Waals surface area (Å²) < 4.78 is 15.2. The number of thiophene rings is 1. The number of carbonyl (C=O) groups is 1. The summed E-state index contributed by atoms with van der Waals surface area (Å²) in [6.07, 6.45) is 0. The molecule has 1 aliphatic rings. The summed E-state index contributed by atoms with van der Waals surface area (Å²) in [5.41, 5.74) is 1.24. The molecule has 1 aliphatic heterocycles. The fourth-order valence-corrected chi connectivity index (χ4v) is 6.32. The topological polar surface area (TPSA) is 62.6 Å². The second kappa shape index (κ2) is 8.96. The minimum absolute atomic E-state index is 0.0339. The summed E-state index contributed by atoms with van der Waals surface area (Å²) in [7, 11) is 0.0864. The number of piperazine rings is 1. The second-order valence-corrected chi connectivity index (χ2v) is 10.3. The van der Waals surface area contributed by atoms with Crippen LogP contribution in [-0.4, -0.2) is 45.8 Å². The first-order valence-corrected chi connectivity index (χ1v) is 12.8. The summed E-state index contributed by atoms with van der Waals surface area (Å²) in [6, 6.07) is 20.5. The monoisotopic (exact) mass is 477 g/mol. The highest BCUT2D eigenvalue weighted by molar-refractivity contribution is 7.85. The summed E-state index contributed by atoms with van der Waals surface area (Å²) >= 11 is 1.44. The third kappa shape index (κ3) is 3.89. The van der Waals surface area contributed by atoms with Gasteiger partial charge in [-0.2, -0.15) is 0 Å². The van der Waals surface area contributed by atoms with E-state index in [0.717, 1.165) is 15.8 Å². The number of hydrogen-bond donors (Lipinski definition) is 0. The molecule has 0 radical (unpaired) electrons. The van der Waals surface area contributed by atoms with Crippen LogP contribution in [0.3, 0.4) is 0 Å². The molecule has 1 fully saturated rings. The lowest BCUT2D eigenvalue weighted by Crippen LogP contribution is -2.49. The lowest BCUT2D eigenvalue weighted by Gasteiger charge is -2.37. The van der Waals surface area contributed by atoms with E-state index in [9.17, 15) is 13.8 Å². The minimum atomic E-state index is -1.63. The van der Waals surface area contributed by atoms with Gasteiger partial charge in [0, 0.05) is 43.5 Å². The van der Waals surface area contributed by atoms with Crippen LogP contribution in [0.1, 0.15) is 9.67 Å². The molecule has 1 saturated heterocycles. The van der Waals surface area contributed by atoms with Crippen LogP contribution < -0.4 is 10.5 Å². The standard InChI is InChI=1S/C25H23N3O3S2/c1-26-20-11-6-5-10-19(20)22(23(25(26)30)33(31)18-8-3-2-4-9-18)27-13-15-28(16-14-27)24(29)21-12-7-17-32-21/h2-12,17H,13-16H2,1H3. The number of aromatic nitrogens is 1. The first-order chi connectivity index (χ1) is 16.1. The van der Waals surface area contributed by atoms with Gasteiger partial charge in [-0.15, -0.1) is 11.3 Å². The van der Waals surface area contributed by atoms with Crippen molar-refractivity contribution in [2.24, 2.45) is 7.05 Å². The third-order valence-corrected chi connectivity index (χ3v) is 8.29. The Morgan fingerprint density at radius 2 is 1.61 bits per heavy atom. The van der Waals surface area contributed by atoms with Gasteiger partial charge in [0.15, 0.2) is 0 Å². The molecule has 1 atom stereocenters. The maximum absolute atomic E-state index is 13.7. The fourth-order valence-electron chi connectivity index (χ4n) is 4.28. The molecule has 4 aromatic rings. The van der Waals surface area contributed by atoms with Gasteiger partial charge in [0.1, 0.15) is 4.90 Å². The molecule has 0 bridgehead atoms. The van der Waals surface area contributed by atoms with Crippen molar-refractivity contribution in [3.8, 4) is 0 Å². The SMILES string of the molecule is Cn1c(=O)c(S(=O)c2ccccc2)c(N2CCN(C(=O)c3cccs3)CC2)c2ccccc21. The molecular formula is C25H23N3O3S2. The minimum Gasteiger partial charge on any atom is -0.366 e. The molecule has 3 heterocycles. The highest BCUT2D eigenvalue weighted by atomic mass is 32.2. The van der Waals surface area contributed by atoms with Crippen molar-refractivity contribution >= 4 is 44.6 Å². The number of nitrogens with zero attached hydrogens (tertiary/aromatic N) is 3. The number of anilines is 1. The van der Waals surface area contributed by atoms with Crippen molar-refractivity contribution in [3.05, 3.63) is 87.3 Å². The van der Waals surface area contributed by atoms with E-state index in [4.69, 9.17) is 0 Å². The Morgan fingerprint density at radius 3 is 2.30 bits per heavy atom. The Balaban J connectivity index is 1.57. The largest absolute Gasteiger partial charge is 0.366 e. The number of benzene rings is 2. The number of rotatable bonds is 4. The Kier molecular flexibility index (Phi) is 5.86. The van der Waals surface area contributed by atoms with Crippen LogP contribution in [0.25, 0.3) is 10.9 Å². The molecule has 1 amide bonds. The summed E-state index contributed by atoms with van der Waals surface area (Å²) in [4.78, 5) is 31.8. The van der Waals surface area contributed by atoms with Crippen molar-refractivity contribution in [1.29, 1.82) is 0 Å². The van der Waals surface area contributed by atoms with Gasteiger partial charge in [0.25, 0.3) is 11.5 Å². The lowest BCUT2D eigenvalue weighted by atomic mass is 10.1. The zero-order valence-corrected chi connectivity index (χ0v) is 19.8. The molecule has 6 nitrogen and oxygen atoms in total. The fraction of sp³-hybridized carbons (Fsp3) is 0.200. The number of pyridine rings is 1. The molecule has 2 aromatic heterocycles. The highest BCUT2D eigenvalue weighted by Crippen LogP contribution is 2.33. The Labute approximate surface area is 198 Å². The maximum Gasteiger partial charge on any atom is 0.269 e. The summed E-state index contributed by atoms with van der Waals surface area (Å²) in [5, 5.41) is 2.79. The number of fused-ring (bicyclic) bond motifs is 1. The average molecular weight is 478 g/mol. The molecule has 168 valence electrons. The van der Waals surface area contributed by atoms with Gasteiger partial charge in [-0.3, -0.25) is 9.59 Å². The third-order valence-electron chi connectivity index (χ3n) is 5.99. The zero-order valence-electron chi connectivity index (χ0n) is 18.1. The van der Waals surface area contributed by atoms with E-state index < -0.39 is 10.8 Å². The number of amides is 1. The van der Waals surface area contributed by atoms with Crippen LogP contribution in [-0.2, 0) is 17.8 Å². The lowest BCUT2D eigenvalue weighted by molar-refractivity contribution is 0.0751. The van der Waals surface area contributed by atoms with E-state index in [0.29, 0.717) is 41.7 Å². The molecule has 2 aromatic carbocycles. The quantitative estimate of drug-likeness (QED) is 0.449. The molecule has 33 heavy (non-hydrogen) atoms. The van der Waals surface area contributed by atoms with Crippen LogP contribution >= 0.6 is 11.3 Å². The Hall–Kier alpha value is -3.23. The van der Waals surface area contributed by atoms with Crippen LogP contribution in [0.2, 0.25) is 0 Å². The summed E-state index contributed by atoms with van der Waals surface area (Å²) in [6.45, 7) is 2.20. The zero-order chi connectivity index (χ0) is 22.9. The average Bonchev–Trinajstić information content (AvgIpc) is 3.41. The van der Waals surface area contributed by atoms with Crippen molar-refractivity contribution in [3.63, 3.8) is 0 Å². The predicted octanol–water partition coefficient (Wildman–Crippen LogP) is 3.73. The van der Waals surface area contributed by atoms with Crippen LogP contribution in [0.4, 0.5) is 5.69 Å². The summed E-state index contributed by atoms with van der Waals surface area (Å²) in [5.74, 6) is 0.0339. The Morgan fingerprint density at radius 1 is 0.909 bits per heavy atom. The maximum atomic E-state index is 13.7. The first-order valence-electron chi connectivity index (χ1n) is 10.7. The molecule has 5 rings (SSSR count). The van der Waals surface area contributed by atoms with Gasteiger partial charge in [-0.1, -0.05) is 42.5 Å². The molecule has 0 N–H and O–H groups in total. The van der Waals surface area contributed by atoms with E-state index in [1.54, 1.807) is 23.7 Å². The van der Waals surface area contributed by atoms with Crippen molar-refractivity contribution in [2.45, 2.75) is 9.79 Å². The number of hydrogen-bond acceptors (Lipinski definition) is 5. The van der Waals surface area contributed by atoms with Gasteiger partial charge in [-0.25, -0.2) is 4.21 Å². The Bertz CT molecular complexity index is 1390. The van der Waals surface area contributed by atoms with Crippen LogP contribution in [0, 0.1) is 0 Å². The molecule has 0 spiro atoms. The van der Waals surface area contributed by atoms with E-state index >= 15 is 0 Å². The van der Waals surface area contributed by atoms with Gasteiger partial charge in [-0.05, 0) is 29.6 Å². The molecular weight excluding hydrogens is 454 g/mol. The van der Waals surface area contributed by atoms with E-state index in [2.05, 4.69) is 4.90 Å². The molecule has 0 saturated carbocycles. The van der Waals surface area contributed by atoms with E-state index in [-0.39, 0.29) is 11.5 Å². The second-order valence-electron chi connectivity index (χ2n) is 7.90. The van der Waals surface area contributed by atoms with Gasteiger partial charge < -0.3 is 14.4 Å².